The van der Waals surface area contributed by atoms with E-state index in [1.54, 1.807) is 6.92 Å². The maximum atomic E-state index is 11.4. The van der Waals surface area contributed by atoms with Crippen molar-refractivity contribution >= 4 is 23.6 Å². The molecule has 0 aliphatic carbocycles. The number of esters is 1. The summed E-state index contributed by atoms with van der Waals surface area (Å²) < 4.78 is 4.61. The molecule has 0 aromatic heterocycles. The Morgan fingerprint density at radius 1 is 1.24 bits per heavy atom. The van der Waals surface area contributed by atoms with E-state index in [-0.39, 0.29) is 37.8 Å². The van der Waals surface area contributed by atoms with Gasteiger partial charge >= 0.3 is 5.97 Å². The van der Waals surface area contributed by atoms with E-state index >= 15 is 0 Å². The van der Waals surface area contributed by atoms with Gasteiger partial charge in [0, 0.05) is 12.8 Å². The number of amides is 2. The predicted molar refractivity (Wildman–Crippen MR) is 56.8 cm³/mol. The smallest absolute Gasteiger partial charge is 0.313 e. The van der Waals surface area contributed by atoms with Crippen LogP contribution >= 0.6 is 0 Å². The van der Waals surface area contributed by atoms with Crippen molar-refractivity contribution in [1.29, 1.82) is 0 Å². The van der Waals surface area contributed by atoms with Gasteiger partial charge in [-0.25, -0.2) is 0 Å². The highest BCUT2D eigenvalue weighted by molar-refractivity contribution is 6.04. The SMILES string of the molecule is CCOC(=O)CC(=O)CN1C(=O)CCCC1=O. The maximum absolute atomic E-state index is 11.4. The zero-order valence-corrected chi connectivity index (χ0v) is 9.73. The van der Waals surface area contributed by atoms with E-state index < -0.39 is 18.2 Å². The summed E-state index contributed by atoms with van der Waals surface area (Å²) in [7, 11) is 0. The lowest BCUT2D eigenvalue weighted by atomic mass is 10.1. The van der Waals surface area contributed by atoms with Crippen molar-refractivity contribution in [2.45, 2.75) is 32.6 Å². The van der Waals surface area contributed by atoms with Gasteiger partial charge in [-0.15, -0.1) is 0 Å². The van der Waals surface area contributed by atoms with Crippen LogP contribution in [0.25, 0.3) is 0 Å². The van der Waals surface area contributed by atoms with Gasteiger partial charge in [0.2, 0.25) is 11.8 Å². The molecule has 2 amide bonds. The minimum Gasteiger partial charge on any atom is -0.466 e. The van der Waals surface area contributed by atoms with Gasteiger partial charge in [-0.05, 0) is 13.3 Å². The Bertz CT molecular complexity index is 334. The van der Waals surface area contributed by atoms with E-state index in [1.165, 1.54) is 0 Å². The third kappa shape index (κ3) is 3.97. The normalized spacial score (nSPS) is 15.9. The largest absolute Gasteiger partial charge is 0.466 e. The summed E-state index contributed by atoms with van der Waals surface area (Å²) in [4.78, 5) is 46.2. The number of imide groups is 1. The molecular formula is C11H15NO5. The Morgan fingerprint density at radius 2 is 1.82 bits per heavy atom. The Hall–Kier alpha value is -1.72. The van der Waals surface area contributed by atoms with Crippen LogP contribution in [0.1, 0.15) is 32.6 Å². The summed E-state index contributed by atoms with van der Waals surface area (Å²) in [5, 5.41) is 0. The van der Waals surface area contributed by atoms with Gasteiger partial charge in [0.25, 0.3) is 0 Å². The number of hydrogen-bond acceptors (Lipinski definition) is 5. The van der Waals surface area contributed by atoms with E-state index in [9.17, 15) is 19.2 Å². The number of likely N-dealkylation sites (tertiary alicyclic amines) is 1. The minimum absolute atomic E-state index is 0.202. The van der Waals surface area contributed by atoms with Gasteiger partial charge in [-0.1, -0.05) is 0 Å². The van der Waals surface area contributed by atoms with Crippen LogP contribution in [0.3, 0.4) is 0 Å². The van der Waals surface area contributed by atoms with E-state index in [0.717, 1.165) is 4.90 Å². The molecule has 0 saturated carbocycles. The number of carbonyl (C=O) groups excluding carboxylic acids is 4. The average Bonchev–Trinajstić information content (AvgIpc) is 2.24. The van der Waals surface area contributed by atoms with Crippen molar-refractivity contribution in [3.05, 3.63) is 0 Å². The summed E-state index contributed by atoms with van der Waals surface area (Å²) in [6.45, 7) is 1.52. The van der Waals surface area contributed by atoms with Gasteiger partial charge in [0.05, 0.1) is 13.2 Å². The zero-order chi connectivity index (χ0) is 12.8. The summed E-state index contributed by atoms with van der Waals surface area (Å²) in [6.07, 6.45) is 0.683. The Labute approximate surface area is 98.9 Å². The fourth-order valence-corrected chi connectivity index (χ4v) is 1.58. The third-order valence-corrected chi connectivity index (χ3v) is 2.36. The summed E-state index contributed by atoms with van der Waals surface area (Å²) in [5.41, 5.74) is 0. The van der Waals surface area contributed by atoms with Crippen LogP contribution in [0.15, 0.2) is 0 Å². The summed E-state index contributed by atoms with van der Waals surface area (Å²) >= 11 is 0. The second kappa shape index (κ2) is 6.12. The molecule has 17 heavy (non-hydrogen) atoms. The maximum Gasteiger partial charge on any atom is 0.313 e. The quantitative estimate of drug-likeness (QED) is 0.386. The first-order chi connectivity index (χ1) is 8.04. The molecule has 94 valence electrons. The molecule has 0 unspecified atom stereocenters. The molecule has 1 saturated heterocycles. The molecule has 1 aliphatic heterocycles. The second-order valence-electron chi connectivity index (χ2n) is 3.75. The zero-order valence-electron chi connectivity index (χ0n) is 9.73. The Balaban J connectivity index is 2.46. The number of ketones is 1. The molecule has 0 radical (unpaired) electrons. The molecule has 6 nitrogen and oxygen atoms in total. The predicted octanol–water partition coefficient (Wildman–Crippen LogP) is 0.0478. The fourth-order valence-electron chi connectivity index (χ4n) is 1.58. The van der Waals surface area contributed by atoms with Gasteiger partial charge < -0.3 is 4.74 Å². The molecule has 0 aromatic carbocycles. The van der Waals surface area contributed by atoms with Crippen molar-refractivity contribution in [3.8, 4) is 0 Å². The van der Waals surface area contributed by atoms with Gasteiger partial charge in [-0.3, -0.25) is 24.1 Å². The highest BCUT2D eigenvalue weighted by Gasteiger charge is 2.28. The van der Waals surface area contributed by atoms with Crippen LogP contribution in [-0.2, 0) is 23.9 Å². The molecule has 6 heteroatoms. The third-order valence-electron chi connectivity index (χ3n) is 2.36. The fraction of sp³-hybridized carbons (Fsp3) is 0.636. The number of hydrogen-bond donors (Lipinski definition) is 0. The highest BCUT2D eigenvalue weighted by Crippen LogP contribution is 2.12. The molecule has 0 aromatic rings. The molecule has 0 bridgehead atoms. The van der Waals surface area contributed by atoms with Gasteiger partial charge in [0.15, 0.2) is 5.78 Å². The topological polar surface area (TPSA) is 80.8 Å². The van der Waals surface area contributed by atoms with E-state index in [1.807, 2.05) is 0 Å². The molecule has 1 heterocycles. The van der Waals surface area contributed by atoms with E-state index in [4.69, 9.17) is 0 Å². The van der Waals surface area contributed by atoms with Crippen molar-refractivity contribution in [2.24, 2.45) is 0 Å². The first-order valence-corrected chi connectivity index (χ1v) is 5.55. The van der Waals surface area contributed by atoms with Crippen LogP contribution in [0.4, 0.5) is 0 Å². The van der Waals surface area contributed by atoms with Crippen molar-refractivity contribution < 1.29 is 23.9 Å². The molecule has 1 fully saturated rings. The van der Waals surface area contributed by atoms with Crippen molar-refractivity contribution in [2.75, 3.05) is 13.2 Å². The lowest BCUT2D eigenvalue weighted by Gasteiger charge is -2.23. The number of piperidine rings is 1. The molecule has 1 aliphatic rings. The van der Waals surface area contributed by atoms with Crippen molar-refractivity contribution in [1.82, 2.24) is 4.90 Å². The highest BCUT2D eigenvalue weighted by atomic mass is 16.5. The lowest BCUT2D eigenvalue weighted by molar-refractivity contribution is -0.153. The Kier molecular flexibility index (Phi) is 4.81. The average molecular weight is 241 g/mol. The monoisotopic (exact) mass is 241 g/mol. The summed E-state index contributed by atoms with van der Waals surface area (Å²) in [6, 6.07) is 0. The first-order valence-electron chi connectivity index (χ1n) is 5.55. The first kappa shape index (κ1) is 13.3. The number of rotatable bonds is 5. The number of ether oxygens (including phenoxy) is 1. The summed E-state index contributed by atoms with van der Waals surface area (Å²) in [5.74, 6) is -1.81. The molecule has 0 N–H and O–H groups in total. The van der Waals surface area contributed by atoms with E-state index in [2.05, 4.69) is 4.74 Å². The molecular weight excluding hydrogens is 226 g/mol. The van der Waals surface area contributed by atoms with Crippen LogP contribution in [-0.4, -0.2) is 41.6 Å². The minimum atomic E-state index is -0.630. The van der Waals surface area contributed by atoms with E-state index in [0.29, 0.717) is 6.42 Å². The second-order valence-corrected chi connectivity index (χ2v) is 3.75. The Morgan fingerprint density at radius 3 is 2.35 bits per heavy atom. The van der Waals surface area contributed by atoms with Crippen molar-refractivity contribution in [3.63, 3.8) is 0 Å². The number of carbonyl (C=O) groups is 4. The number of nitrogens with zero attached hydrogens (tertiary/aromatic N) is 1. The standard InChI is InChI=1S/C11H15NO5/c1-2-17-11(16)6-8(13)7-12-9(14)4-3-5-10(12)15/h2-7H2,1H3. The molecule has 0 atom stereocenters. The van der Waals surface area contributed by atoms with Gasteiger partial charge in [0.1, 0.15) is 6.42 Å². The number of Topliss-reactive ketones (excluding diaryl/α,β-unsaturated/α-hetero) is 1. The van der Waals surface area contributed by atoms with Crippen LogP contribution in [0.5, 0.6) is 0 Å². The molecule has 0 spiro atoms. The van der Waals surface area contributed by atoms with Gasteiger partial charge in [-0.2, -0.15) is 0 Å². The lowest BCUT2D eigenvalue weighted by Crippen LogP contribution is -2.43. The van der Waals surface area contributed by atoms with Crippen LogP contribution in [0.2, 0.25) is 0 Å². The van der Waals surface area contributed by atoms with Crippen LogP contribution in [0, 0.1) is 0 Å². The van der Waals surface area contributed by atoms with Crippen LogP contribution < -0.4 is 0 Å². The molecule has 1 rings (SSSR count).